The van der Waals surface area contributed by atoms with E-state index in [-0.39, 0.29) is 0 Å². The van der Waals surface area contributed by atoms with Crippen LogP contribution in [0.2, 0.25) is 0 Å². The van der Waals surface area contributed by atoms with E-state index >= 15 is 0 Å². The number of rotatable bonds is 8. The standard InChI is InChI=1S/C9H10BrF9/c10-1-2(11)3(12)4(13)5(14)6(15)7(16)8(17)9(18)19/h2-9H,1H2. The Hall–Kier alpha value is -0.150. The Morgan fingerprint density at radius 1 is 0.526 bits per heavy atom. The van der Waals surface area contributed by atoms with Crippen LogP contribution in [0.25, 0.3) is 0 Å². The van der Waals surface area contributed by atoms with Crippen molar-refractivity contribution in [2.75, 3.05) is 5.33 Å². The van der Waals surface area contributed by atoms with Gasteiger partial charge in [0.15, 0.2) is 37.0 Å². The molecule has 7 atom stereocenters. The van der Waals surface area contributed by atoms with Crippen molar-refractivity contribution in [1.82, 2.24) is 0 Å². The van der Waals surface area contributed by atoms with Crippen molar-refractivity contribution < 1.29 is 39.5 Å². The molecule has 0 heterocycles. The highest BCUT2D eigenvalue weighted by Gasteiger charge is 2.47. The van der Waals surface area contributed by atoms with Crippen molar-refractivity contribution >= 4 is 15.9 Å². The molecule has 0 aliphatic heterocycles. The lowest BCUT2D eigenvalue weighted by molar-refractivity contribution is -0.0640. The van der Waals surface area contributed by atoms with Gasteiger partial charge in [-0.05, 0) is 0 Å². The van der Waals surface area contributed by atoms with E-state index in [0.717, 1.165) is 0 Å². The molecule has 0 aromatic rings. The summed E-state index contributed by atoms with van der Waals surface area (Å²) < 4.78 is 113. The van der Waals surface area contributed by atoms with Gasteiger partial charge in [-0.15, -0.1) is 0 Å². The van der Waals surface area contributed by atoms with Gasteiger partial charge in [0.2, 0.25) is 0 Å². The Labute approximate surface area is 111 Å². The van der Waals surface area contributed by atoms with Crippen LogP contribution in [0.5, 0.6) is 0 Å². The molecule has 116 valence electrons. The van der Waals surface area contributed by atoms with Crippen LogP contribution in [0, 0.1) is 0 Å². The lowest BCUT2D eigenvalue weighted by Gasteiger charge is -2.24. The highest BCUT2D eigenvalue weighted by atomic mass is 79.9. The molecule has 0 aliphatic carbocycles. The Morgan fingerprint density at radius 3 is 1.16 bits per heavy atom. The fraction of sp³-hybridized carbons (Fsp3) is 1.00. The molecular weight excluding hydrogens is 359 g/mol. The van der Waals surface area contributed by atoms with E-state index in [1.165, 1.54) is 0 Å². The van der Waals surface area contributed by atoms with Gasteiger partial charge in [-0.3, -0.25) is 0 Å². The minimum Gasteiger partial charge on any atom is -0.243 e. The second-order valence-corrected chi connectivity index (χ2v) is 4.32. The minimum atomic E-state index is -3.95. The summed E-state index contributed by atoms with van der Waals surface area (Å²) in [5.74, 6) is 0. The predicted molar refractivity (Wildman–Crippen MR) is 54.1 cm³/mol. The van der Waals surface area contributed by atoms with Gasteiger partial charge in [0.05, 0.1) is 0 Å². The molecule has 0 spiro atoms. The molecule has 0 N–H and O–H groups in total. The first kappa shape index (κ1) is 18.9. The molecule has 0 aliphatic rings. The third kappa shape index (κ3) is 5.03. The number of hydrogen-bond donors (Lipinski definition) is 0. The lowest BCUT2D eigenvalue weighted by Crippen LogP contribution is -2.46. The van der Waals surface area contributed by atoms with Gasteiger partial charge in [0.1, 0.15) is 6.17 Å². The maximum atomic E-state index is 13.0. The summed E-state index contributed by atoms with van der Waals surface area (Å²) in [5.41, 5.74) is 0. The third-order valence-electron chi connectivity index (χ3n) is 2.25. The Morgan fingerprint density at radius 2 is 0.842 bits per heavy atom. The van der Waals surface area contributed by atoms with Gasteiger partial charge >= 0.3 is 0 Å². The van der Waals surface area contributed by atoms with Gasteiger partial charge in [0.25, 0.3) is 6.43 Å². The van der Waals surface area contributed by atoms with E-state index in [2.05, 4.69) is 15.9 Å². The molecule has 0 rings (SSSR count). The molecule has 0 radical (unpaired) electrons. The smallest absolute Gasteiger partial charge is 0.243 e. The summed E-state index contributed by atoms with van der Waals surface area (Å²) in [4.78, 5) is 0. The van der Waals surface area contributed by atoms with Crippen LogP contribution in [-0.2, 0) is 0 Å². The molecule has 0 amide bonds. The van der Waals surface area contributed by atoms with Crippen molar-refractivity contribution in [2.45, 2.75) is 49.6 Å². The maximum absolute atomic E-state index is 13.0. The minimum absolute atomic E-state index is 0.736. The molecule has 0 aromatic heterocycles. The summed E-state index contributed by atoms with van der Waals surface area (Å²) in [7, 11) is 0. The van der Waals surface area contributed by atoms with Gasteiger partial charge in [-0.25, -0.2) is 39.5 Å². The number of alkyl halides is 10. The first-order chi connectivity index (χ1) is 8.64. The first-order valence-electron chi connectivity index (χ1n) is 4.97. The van der Waals surface area contributed by atoms with Crippen molar-refractivity contribution in [1.29, 1.82) is 0 Å². The summed E-state index contributed by atoms with van der Waals surface area (Å²) in [6.45, 7) is 0. The second kappa shape index (κ2) is 8.21. The molecule has 10 heteroatoms. The highest BCUT2D eigenvalue weighted by Crippen LogP contribution is 2.27. The lowest BCUT2D eigenvalue weighted by atomic mass is 10.00. The van der Waals surface area contributed by atoms with E-state index in [4.69, 9.17) is 0 Å². The predicted octanol–water partition coefficient (Wildman–Crippen LogP) is 4.01. The molecule has 0 fully saturated rings. The zero-order valence-electron chi connectivity index (χ0n) is 9.11. The van der Waals surface area contributed by atoms with Crippen LogP contribution in [0.15, 0.2) is 0 Å². The molecule has 19 heavy (non-hydrogen) atoms. The average molecular weight is 369 g/mol. The van der Waals surface area contributed by atoms with Crippen LogP contribution in [0.3, 0.4) is 0 Å². The fourth-order valence-electron chi connectivity index (χ4n) is 1.13. The quantitative estimate of drug-likeness (QED) is 0.448. The van der Waals surface area contributed by atoms with Crippen LogP contribution in [0.1, 0.15) is 0 Å². The van der Waals surface area contributed by atoms with Crippen molar-refractivity contribution in [3.05, 3.63) is 0 Å². The van der Waals surface area contributed by atoms with Gasteiger partial charge in [0, 0.05) is 5.33 Å². The summed E-state index contributed by atoms with van der Waals surface area (Å²) in [6, 6.07) is 0. The molecule has 0 saturated carbocycles. The average Bonchev–Trinajstić information content (AvgIpc) is 2.40. The summed E-state index contributed by atoms with van der Waals surface area (Å²) in [6.07, 6.45) is -27.7. The number of halogens is 10. The second-order valence-electron chi connectivity index (χ2n) is 3.67. The van der Waals surface area contributed by atoms with E-state index in [0.29, 0.717) is 0 Å². The maximum Gasteiger partial charge on any atom is 0.272 e. The largest absolute Gasteiger partial charge is 0.272 e. The highest BCUT2D eigenvalue weighted by molar-refractivity contribution is 9.09. The van der Waals surface area contributed by atoms with E-state index in [1.807, 2.05) is 0 Å². The zero-order chi connectivity index (χ0) is 15.3. The van der Waals surface area contributed by atoms with Gasteiger partial charge in [-0.2, -0.15) is 0 Å². The molecular formula is C9H10BrF9. The Bertz CT molecular complexity index is 254. The van der Waals surface area contributed by atoms with E-state index in [1.54, 1.807) is 0 Å². The molecule has 7 unspecified atom stereocenters. The fourth-order valence-corrected chi connectivity index (χ4v) is 1.48. The molecule has 0 nitrogen and oxygen atoms in total. The SMILES string of the molecule is FC(F)C(F)C(F)C(F)C(F)C(F)C(F)C(F)CBr. The molecule has 0 saturated heterocycles. The van der Waals surface area contributed by atoms with Crippen molar-refractivity contribution in [2.24, 2.45) is 0 Å². The van der Waals surface area contributed by atoms with Crippen LogP contribution >= 0.6 is 15.9 Å². The molecule has 0 bridgehead atoms. The Balaban J connectivity index is 4.67. The Kier molecular flexibility index (Phi) is 8.14. The first-order valence-corrected chi connectivity index (χ1v) is 6.09. The van der Waals surface area contributed by atoms with Crippen molar-refractivity contribution in [3.8, 4) is 0 Å². The van der Waals surface area contributed by atoms with Crippen molar-refractivity contribution in [3.63, 3.8) is 0 Å². The van der Waals surface area contributed by atoms with Crippen LogP contribution in [0.4, 0.5) is 39.5 Å². The molecule has 0 aromatic carbocycles. The van der Waals surface area contributed by atoms with Crippen LogP contribution in [-0.4, -0.2) is 55.0 Å². The third-order valence-corrected chi connectivity index (χ3v) is 2.87. The van der Waals surface area contributed by atoms with E-state index in [9.17, 15) is 39.5 Å². The zero-order valence-corrected chi connectivity index (χ0v) is 10.7. The summed E-state index contributed by atoms with van der Waals surface area (Å²) >= 11 is 2.41. The topological polar surface area (TPSA) is 0 Å². The monoisotopic (exact) mass is 368 g/mol. The number of hydrogen-bond acceptors (Lipinski definition) is 0. The van der Waals surface area contributed by atoms with E-state index < -0.39 is 55.0 Å². The van der Waals surface area contributed by atoms with Gasteiger partial charge in [-0.1, -0.05) is 15.9 Å². The van der Waals surface area contributed by atoms with Gasteiger partial charge < -0.3 is 0 Å². The normalized spacial score (nSPS) is 23.5. The summed E-state index contributed by atoms with van der Waals surface area (Å²) in [5, 5.41) is -0.736. The van der Waals surface area contributed by atoms with Crippen LogP contribution < -0.4 is 0 Å².